The molecule has 0 aromatic heterocycles. The fourth-order valence-electron chi connectivity index (χ4n) is 1.40. The van der Waals surface area contributed by atoms with E-state index in [0.29, 0.717) is 17.7 Å². The van der Waals surface area contributed by atoms with E-state index in [1.165, 1.54) is 6.07 Å². The van der Waals surface area contributed by atoms with E-state index in [9.17, 15) is 10.2 Å². The number of benzene rings is 1. The van der Waals surface area contributed by atoms with Gasteiger partial charge in [0.1, 0.15) is 11.8 Å². The van der Waals surface area contributed by atoms with E-state index in [1.807, 2.05) is 6.07 Å². The normalized spacial score (nSPS) is 12.1. The van der Waals surface area contributed by atoms with Crippen molar-refractivity contribution in [2.24, 2.45) is 0 Å². The Morgan fingerprint density at radius 3 is 2.73 bits per heavy atom. The van der Waals surface area contributed by atoms with Gasteiger partial charge in [-0.3, -0.25) is 0 Å². The molecule has 80 valence electrons. The smallest absolute Gasteiger partial charge is 0.136 e. The van der Waals surface area contributed by atoms with E-state index in [4.69, 9.17) is 5.26 Å². The number of phenols is 1. The first-order valence-corrected chi connectivity index (χ1v) is 4.66. The van der Waals surface area contributed by atoms with Gasteiger partial charge < -0.3 is 15.5 Å². The van der Waals surface area contributed by atoms with E-state index < -0.39 is 6.10 Å². The number of aromatic hydroxyl groups is 1. The highest BCUT2D eigenvalue weighted by molar-refractivity contribution is 5.50. The van der Waals surface area contributed by atoms with Gasteiger partial charge in [0.25, 0.3) is 0 Å². The summed E-state index contributed by atoms with van der Waals surface area (Å²) < 4.78 is 0. The molecule has 0 amide bonds. The minimum atomic E-state index is -0.665. The van der Waals surface area contributed by atoms with Gasteiger partial charge in [0.05, 0.1) is 11.7 Å². The van der Waals surface area contributed by atoms with Gasteiger partial charge in [0, 0.05) is 6.54 Å². The zero-order chi connectivity index (χ0) is 11.4. The Balaban J connectivity index is 3.12. The number of phenolic OH excluding ortho intramolecular Hbond substituents is 1. The summed E-state index contributed by atoms with van der Waals surface area (Å²) in [6.45, 7) is 2.11. The third-order valence-electron chi connectivity index (χ3n) is 2.23. The lowest BCUT2D eigenvalue weighted by atomic mass is 10.0. The van der Waals surface area contributed by atoms with Crippen LogP contribution in [0.5, 0.6) is 5.75 Å². The van der Waals surface area contributed by atoms with Crippen molar-refractivity contribution in [2.75, 3.05) is 13.6 Å². The molecular formula is C11H14N2O2. The molecule has 4 heteroatoms. The van der Waals surface area contributed by atoms with E-state index >= 15 is 0 Å². The second-order valence-electron chi connectivity index (χ2n) is 3.42. The quantitative estimate of drug-likeness (QED) is 0.684. The van der Waals surface area contributed by atoms with Crippen LogP contribution in [0, 0.1) is 18.3 Å². The molecule has 0 bridgehead atoms. The second kappa shape index (κ2) is 4.78. The molecule has 15 heavy (non-hydrogen) atoms. The number of aryl methyl sites for hydroxylation is 1. The fourth-order valence-corrected chi connectivity index (χ4v) is 1.40. The first-order chi connectivity index (χ1) is 7.10. The minimum absolute atomic E-state index is 0.0158. The van der Waals surface area contributed by atoms with Gasteiger partial charge in [-0.05, 0) is 37.2 Å². The summed E-state index contributed by atoms with van der Waals surface area (Å²) in [6.07, 6.45) is -0.665. The molecule has 0 radical (unpaired) electrons. The van der Waals surface area contributed by atoms with Gasteiger partial charge in [0.15, 0.2) is 0 Å². The number of hydrogen-bond donors (Lipinski definition) is 3. The van der Waals surface area contributed by atoms with Gasteiger partial charge in [-0.25, -0.2) is 0 Å². The van der Waals surface area contributed by atoms with Crippen LogP contribution in [-0.2, 0) is 0 Å². The Hall–Kier alpha value is -1.57. The summed E-state index contributed by atoms with van der Waals surface area (Å²) in [5.41, 5.74) is 1.43. The highest BCUT2D eigenvalue weighted by Gasteiger charge is 2.11. The van der Waals surface area contributed by atoms with Crippen molar-refractivity contribution in [2.45, 2.75) is 13.0 Å². The van der Waals surface area contributed by atoms with Gasteiger partial charge in [-0.1, -0.05) is 0 Å². The molecule has 0 saturated carbocycles. The number of hydrogen-bond acceptors (Lipinski definition) is 4. The molecule has 1 aromatic carbocycles. The van der Waals surface area contributed by atoms with Crippen molar-refractivity contribution in [3.63, 3.8) is 0 Å². The number of nitrogens with one attached hydrogen (secondary N) is 1. The summed E-state index contributed by atoms with van der Waals surface area (Å²) >= 11 is 0. The first kappa shape index (κ1) is 11.5. The topological polar surface area (TPSA) is 76.3 Å². The van der Waals surface area contributed by atoms with Gasteiger partial charge in [-0.2, -0.15) is 5.26 Å². The molecule has 1 atom stereocenters. The van der Waals surface area contributed by atoms with Crippen LogP contribution in [0.2, 0.25) is 0 Å². The van der Waals surface area contributed by atoms with Gasteiger partial charge >= 0.3 is 0 Å². The zero-order valence-corrected chi connectivity index (χ0v) is 8.78. The second-order valence-corrected chi connectivity index (χ2v) is 3.42. The number of aliphatic hydroxyl groups is 1. The Labute approximate surface area is 88.8 Å². The van der Waals surface area contributed by atoms with Crippen LogP contribution < -0.4 is 5.32 Å². The molecular weight excluding hydrogens is 192 g/mol. The van der Waals surface area contributed by atoms with Gasteiger partial charge in [-0.15, -0.1) is 0 Å². The summed E-state index contributed by atoms with van der Waals surface area (Å²) in [4.78, 5) is 0. The maximum atomic E-state index is 9.70. The van der Waals surface area contributed by atoms with E-state index in [2.05, 4.69) is 5.32 Å². The minimum Gasteiger partial charge on any atom is -0.506 e. The van der Waals surface area contributed by atoms with E-state index in [-0.39, 0.29) is 11.3 Å². The number of rotatable bonds is 3. The van der Waals surface area contributed by atoms with Crippen LogP contribution in [0.25, 0.3) is 0 Å². The fraction of sp³-hybridized carbons (Fsp3) is 0.364. The molecule has 1 unspecified atom stereocenters. The summed E-state index contributed by atoms with van der Waals surface area (Å²) in [6, 6.07) is 5.07. The average Bonchev–Trinajstić information content (AvgIpc) is 2.22. The SMILES string of the molecule is CNCC(O)c1cc(C)c(O)c(C#N)c1. The molecule has 4 nitrogen and oxygen atoms in total. The lowest BCUT2D eigenvalue weighted by Gasteiger charge is -2.12. The van der Waals surface area contributed by atoms with Crippen molar-refractivity contribution >= 4 is 0 Å². The van der Waals surface area contributed by atoms with Crippen LogP contribution in [0.4, 0.5) is 0 Å². The molecule has 1 rings (SSSR count). The average molecular weight is 206 g/mol. The zero-order valence-electron chi connectivity index (χ0n) is 8.78. The Morgan fingerprint density at radius 1 is 1.53 bits per heavy atom. The highest BCUT2D eigenvalue weighted by atomic mass is 16.3. The Kier molecular flexibility index (Phi) is 3.67. The first-order valence-electron chi connectivity index (χ1n) is 4.66. The van der Waals surface area contributed by atoms with Crippen LogP contribution in [0.15, 0.2) is 12.1 Å². The van der Waals surface area contributed by atoms with Crippen molar-refractivity contribution in [3.8, 4) is 11.8 Å². The maximum absolute atomic E-state index is 9.70. The van der Waals surface area contributed by atoms with Crippen LogP contribution in [-0.4, -0.2) is 23.8 Å². The van der Waals surface area contributed by atoms with E-state index in [0.717, 1.165) is 0 Å². The van der Waals surface area contributed by atoms with Gasteiger partial charge in [0.2, 0.25) is 0 Å². The predicted molar refractivity (Wildman–Crippen MR) is 56.4 cm³/mol. The standard InChI is InChI=1S/C11H14N2O2/c1-7-3-8(10(14)6-13-2)4-9(5-12)11(7)15/h3-4,10,13-15H,6H2,1-2H3. The van der Waals surface area contributed by atoms with Crippen molar-refractivity contribution in [3.05, 3.63) is 28.8 Å². The highest BCUT2D eigenvalue weighted by Crippen LogP contribution is 2.25. The van der Waals surface area contributed by atoms with Crippen molar-refractivity contribution in [1.82, 2.24) is 5.32 Å². The maximum Gasteiger partial charge on any atom is 0.136 e. The lowest BCUT2D eigenvalue weighted by Crippen LogP contribution is -2.16. The summed E-state index contributed by atoms with van der Waals surface area (Å²) in [7, 11) is 1.74. The summed E-state index contributed by atoms with van der Waals surface area (Å²) in [5.74, 6) is -0.0158. The Bertz CT molecular complexity index is 396. The molecule has 0 saturated heterocycles. The van der Waals surface area contributed by atoms with Crippen LogP contribution in [0.3, 0.4) is 0 Å². The monoisotopic (exact) mass is 206 g/mol. The number of aliphatic hydroxyl groups excluding tert-OH is 1. The molecule has 0 aliphatic heterocycles. The predicted octanol–water partition coefficient (Wildman–Crippen LogP) is 0.825. The van der Waals surface area contributed by atoms with Crippen LogP contribution in [0.1, 0.15) is 22.8 Å². The molecule has 0 aliphatic rings. The molecule has 1 aromatic rings. The molecule has 0 fully saturated rings. The molecule has 0 spiro atoms. The Morgan fingerprint density at radius 2 is 2.20 bits per heavy atom. The van der Waals surface area contributed by atoms with Crippen LogP contribution >= 0.6 is 0 Å². The molecule has 0 heterocycles. The van der Waals surface area contributed by atoms with Crippen molar-refractivity contribution < 1.29 is 10.2 Å². The molecule has 3 N–H and O–H groups in total. The number of likely N-dealkylation sites (N-methyl/N-ethyl adjacent to an activating group) is 1. The number of nitriles is 1. The largest absolute Gasteiger partial charge is 0.506 e. The molecule has 0 aliphatic carbocycles. The summed E-state index contributed by atoms with van der Waals surface area (Å²) in [5, 5.41) is 30.8. The third kappa shape index (κ3) is 2.46. The lowest BCUT2D eigenvalue weighted by molar-refractivity contribution is 0.177. The van der Waals surface area contributed by atoms with Crippen molar-refractivity contribution in [1.29, 1.82) is 5.26 Å². The third-order valence-corrected chi connectivity index (χ3v) is 2.23. The van der Waals surface area contributed by atoms with E-state index in [1.54, 1.807) is 20.0 Å². The number of nitrogens with zero attached hydrogens (tertiary/aromatic N) is 1.